The summed E-state index contributed by atoms with van der Waals surface area (Å²) in [6.07, 6.45) is 0. The van der Waals surface area contributed by atoms with Crippen LogP contribution in [0.2, 0.25) is 5.02 Å². The molecule has 0 fully saturated rings. The van der Waals surface area contributed by atoms with E-state index in [2.05, 4.69) is 0 Å². The molecule has 2 aromatic rings. The van der Waals surface area contributed by atoms with E-state index in [-0.39, 0.29) is 4.90 Å². The van der Waals surface area contributed by atoms with E-state index >= 15 is 0 Å². The van der Waals surface area contributed by atoms with Crippen LogP contribution in [0.4, 0.5) is 0 Å². The summed E-state index contributed by atoms with van der Waals surface area (Å²) in [6.45, 7) is 1.11. The molecular weight excluding hydrogens is 322 g/mol. The van der Waals surface area contributed by atoms with Crippen LogP contribution in [0.1, 0.15) is 4.88 Å². The second-order valence-corrected chi connectivity index (χ2v) is 7.96. The summed E-state index contributed by atoms with van der Waals surface area (Å²) < 4.78 is 26.6. The van der Waals surface area contributed by atoms with Crippen molar-refractivity contribution in [1.82, 2.24) is 4.31 Å². The van der Waals surface area contributed by atoms with Crippen LogP contribution in [0, 0.1) is 6.92 Å². The zero-order chi connectivity index (χ0) is 15.1. The number of likely N-dealkylation sites (N-methyl/N-ethyl adjacent to an activating group) is 1. The minimum absolute atomic E-state index is 0.128. The highest BCUT2D eigenvalue weighted by molar-refractivity contribution is 7.89. The van der Waals surface area contributed by atoms with Gasteiger partial charge < -0.3 is 5.11 Å². The summed E-state index contributed by atoms with van der Waals surface area (Å²) in [7, 11) is -2.61. The number of carboxylic acids is 1. The quantitative estimate of drug-likeness (QED) is 0.933. The lowest BCUT2D eigenvalue weighted by molar-refractivity contribution is -0.137. The average molecular weight is 334 g/mol. The lowest BCUT2D eigenvalue weighted by atomic mass is 10.2. The third-order valence-corrected chi connectivity index (χ3v) is 6.24. The first-order valence-electron chi connectivity index (χ1n) is 5.60. The van der Waals surface area contributed by atoms with Crippen LogP contribution in [-0.2, 0) is 14.8 Å². The van der Waals surface area contributed by atoms with E-state index in [1.54, 1.807) is 25.1 Å². The zero-order valence-corrected chi connectivity index (χ0v) is 13.1. The lowest BCUT2D eigenvalue weighted by Gasteiger charge is -2.15. The second kappa shape index (κ2) is 5.33. The Hall–Kier alpha value is -1.15. The molecule has 0 atom stereocenters. The average Bonchev–Trinajstić information content (AvgIpc) is 2.63. The summed E-state index contributed by atoms with van der Waals surface area (Å²) in [6, 6.07) is 5.03. The van der Waals surface area contributed by atoms with Crippen LogP contribution in [0.3, 0.4) is 0 Å². The van der Waals surface area contributed by atoms with Crippen molar-refractivity contribution < 1.29 is 18.3 Å². The van der Waals surface area contributed by atoms with Gasteiger partial charge in [0.15, 0.2) is 0 Å². The van der Waals surface area contributed by atoms with Crippen molar-refractivity contribution >= 4 is 49.0 Å². The number of aryl methyl sites for hydroxylation is 1. The van der Waals surface area contributed by atoms with Gasteiger partial charge in [0.25, 0.3) is 0 Å². The van der Waals surface area contributed by atoms with Gasteiger partial charge in [-0.25, -0.2) is 8.42 Å². The van der Waals surface area contributed by atoms with Crippen molar-refractivity contribution in [3.63, 3.8) is 0 Å². The highest BCUT2D eigenvalue weighted by Gasteiger charge is 2.28. The van der Waals surface area contributed by atoms with Crippen molar-refractivity contribution in [3.8, 4) is 0 Å². The molecule has 1 N–H and O–H groups in total. The minimum Gasteiger partial charge on any atom is -0.480 e. The van der Waals surface area contributed by atoms with E-state index in [0.717, 1.165) is 9.01 Å². The molecular formula is C12H12ClNO4S2. The standard InChI is InChI=1S/C12H12ClNO4S2/c1-7-12(20(17,18)14(2)6-11(15)16)9-5-8(13)3-4-10(9)19-7/h3-5H,6H2,1-2H3,(H,15,16). The number of carboxylic acid groups (broad SMARTS) is 1. The molecule has 0 saturated heterocycles. The van der Waals surface area contributed by atoms with E-state index in [1.807, 2.05) is 0 Å². The summed E-state index contributed by atoms with van der Waals surface area (Å²) >= 11 is 7.25. The molecule has 0 saturated carbocycles. The molecule has 0 bridgehead atoms. The van der Waals surface area contributed by atoms with Gasteiger partial charge in [-0.05, 0) is 25.1 Å². The van der Waals surface area contributed by atoms with Crippen LogP contribution in [-0.4, -0.2) is 37.4 Å². The van der Waals surface area contributed by atoms with E-state index in [9.17, 15) is 13.2 Å². The lowest BCUT2D eigenvalue weighted by Crippen LogP contribution is -2.32. The molecule has 8 heteroatoms. The predicted octanol–water partition coefficient (Wildman–Crippen LogP) is 2.57. The zero-order valence-electron chi connectivity index (χ0n) is 10.8. The first kappa shape index (κ1) is 15.2. The molecule has 0 radical (unpaired) electrons. The van der Waals surface area contributed by atoms with E-state index in [4.69, 9.17) is 16.7 Å². The molecule has 0 aliphatic heterocycles. The fourth-order valence-corrected chi connectivity index (χ4v) is 4.94. The molecule has 0 unspecified atom stereocenters. The predicted molar refractivity (Wildman–Crippen MR) is 79.0 cm³/mol. The van der Waals surface area contributed by atoms with E-state index in [1.165, 1.54) is 18.4 Å². The van der Waals surface area contributed by atoms with Crippen LogP contribution in [0.5, 0.6) is 0 Å². The Bertz CT molecular complexity index is 782. The Labute approximate surface area is 125 Å². The Morgan fingerprint density at radius 2 is 2.10 bits per heavy atom. The number of fused-ring (bicyclic) bond motifs is 1. The molecule has 2 rings (SSSR count). The molecule has 1 heterocycles. The van der Waals surface area contributed by atoms with Crippen LogP contribution < -0.4 is 0 Å². The minimum atomic E-state index is -3.86. The largest absolute Gasteiger partial charge is 0.480 e. The number of benzene rings is 1. The summed E-state index contributed by atoms with van der Waals surface area (Å²) in [5.41, 5.74) is 0. The number of thiophene rings is 1. The van der Waals surface area contributed by atoms with Crippen molar-refractivity contribution in [2.75, 3.05) is 13.6 Å². The van der Waals surface area contributed by atoms with Gasteiger partial charge in [0.2, 0.25) is 10.0 Å². The number of carbonyl (C=O) groups is 1. The van der Waals surface area contributed by atoms with E-state index < -0.39 is 22.5 Å². The molecule has 20 heavy (non-hydrogen) atoms. The fourth-order valence-electron chi connectivity index (χ4n) is 1.92. The third-order valence-electron chi connectivity index (χ3n) is 2.80. The highest BCUT2D eigenvalue weighted by Crippen LogP contribution is 2.36. The number of halogens is 1. The summed E-state index contributed by atoms with van der Waals surface area (Å²) in [5.74, 6) is -1.20. The summed E-state index contributed by atoms with van der Waals surface area (Å²) in [4.78, 5) is 11.4. The number of aliphatic carboxylic acids is 1. The molecule has 0 spiro atoms. The van der Waals surface area contributed by atoms with Crippen molar-refractivity contribution in [2.45, 2.75) is 11.8 Å². The first-order chi connectivity index (χ1) is 9.23. The van der Waals surface area contributed by atoms with E-state index in [0.29, 0.717) is 15.3 Å². The summed E-state index contributed by atoms with van der Waals surface area (Å²) in [5, 5.41) is 9.71. The normalized spacial score (nSPS) is 12.2. The smallest absolute Gasteiger partial charge is 0.318 e. The third kappa shape index (κ3) is 2.67. The van der Waals surface area contributed by atoms with Gasteiger partial charge in [-0.2, -0.15) is 4.31 Å². The van der Waals surface area contributed by atoms with Gasteiger partial charge in [0, 0.05) is 27.0 Å². The number of hydrogen-bond acceptors (Lipinski definition) is 4. The van der Waals surface area contributed by atoms with Crippen molar-refractivity contribution in [3.05, 3.63) is 28.1 Å². The monoisotopic (exact) mass is 333 g/mol. The number of sulfonamides is 1. The highest BCUT2D eigenvalue weighted by atomic mass is 35.5. The first-order valence-corrected chi connectivity index (χ1v) is 8.23. The molecule has 108 valence electrons. The number of nitrogens with zero attached hydrogens (tertiary/aromatic N) is 1. The van der Waals surface area contributed by atoms with Gasteiger partial charge in [-0.1, -0.05) is 11.6 Å². The maximum atomic E-state index is 12.5. The fraction of sp³-hybridized carbons (Fsp3) is 0.250. The number of rotatable bonds is 4. The van der Waals surface area contributed by atoms with Crippen LogP contribution in [0.25, 0.3) is 10.1 Å². The Morgan fingerprint density at radius 1 is 1.45 bits per heavy atom. The molecule has 5 nitrogen and oxygen atoms in total. The molecule has 1 aromatic carbocycles. The maximum Gasteiger partial charge on any atom is 0.318 e. The van der Waals surface area contributed by atoms with Crippen molar-refractivity contribution in [1.29, 1.82) is 0 Å². The Kier molecular flexibility index (Phi) is 4.06. The van der Waals surface area contributed by atoms with Gasteiger partial charge in [-0.3, -0.25) is 4.79 Å². The van der Waals surface area contributed by atoms with Crippen LogP contribution >= 0.6 is 22.9 Å². The second-order valence-electron chi connectivity index (χ2n) is 4.28. The SMILES string of the molecule is Cc1sc2ccc(Cl)cc2c1S(=O)(=O)N(C)CC(=O)O. The number of hydrogen-bond donors (Lipinski definition) is 1. The van der Waals surface area contributed by atoms with Gasteiger partial charge in [0.1, 0.15) is 11.4 Å². The molecule has 0 aliphatic rings. The maximum absolute atomic E-state index is 12.5. The van der Waals surface area contributed by atoms with Crippen LogP contribution in [0.15, 0.2) is 23.1 Å². The Balaban J connectivity index is 2.65. The molecule has 0 aliphatic carbocycles. The van der Waals surface area contributed by atoms with Gasteiger partial charge in [-0.15, -0.1) is 11.3 Å². The topological polar surface area (TPSA) is 74.7 Å². The van der Waals surface area contributed by atoms with Crippen molar-refractivity contribution in [2.24, 2.45) is 0 Å². The van der Waals surface area contributed by atoms with Gasteiger partial charge in [0.05, 0.1) is 0 Å². The van der Waals surface area contributed by atoms with Gasteiger partial charge >= 0.3 is 5.97 Å². The molecule has 0 amide bonds. The molecule has 1 aromatic heterocycles. The Morgan fingerprint density at radius 3 is 2.70 bits per heavy atom.